The number of hydrogen-bond acceptors (Lipinski definition) is 4. The Morgan fingerprint density at radius 2 is 2.24 bits per heavy atom. The molecule has 1 aliphatic heterocycles. The smallest absolute Gasteiger partial charge is 0.323 e. The molecule has 2 unspecified atom stereocenters. The van der Waals surface area contributed by atoms with Gasteiger partial charge in [-0.1, -0.05) is 6.92 Å². The van der Waals surface area contributed by atoms with Gasteiger partial charge in [0.1, 0.15) is 12.1 Å². The predicted octanol–water partition coefficient (Wildman–Crippen LogP) is -0.184. The van der Waals surface area contributed by atoms with Gasteiger partial charge in [-0.05, 0) is 19.8 Å². The Labute approximate surface area is 101 Å². The number of ether oxygens (including phenoxy) is 1. The summed E-state index contributed by atoms with van der Waals surface area (Å²) in [6, 6.07) is -0.139. The van der Waals surface area contributed by atoms with Gasteiger partial charge in [-0.15, -0.1) is 0 Å². The number of carboxylic acids is 1. The van der Waals surface area contributed by atoms with Crippen LogP contribution in [0.2, 0.25) is 0 Å². The normalized spacial score (nSPS) is 25.6. The molecule has 0 aromatic carbocycles. The van der Waals surface area contributed by atoms with Crippen LogP contribution in [-0.2, 0) is 14.3 Å². The minimum Gasteiger partial charge on any atom is -0.480 e. The molecule has 6 heteroatoms. The molecular weight excluding hydrogens is 224 g/mol. The van der Waals surface area contributed by atoms with Crippen LogP contribution in [0.25, 0.3) is 0 Å². The maximum absolute atomic E-state index is 12.3. The first kappa shape index (κ1) is 13.9. The molecule has 0 bridgehead atoms. The molecule has 3 N–H and O–H groups in total. The second kappa shape index (κ2) is 5.46. The van der Waals surface area contributed by atoms with Gasteiger partial charge >= 0.3 is 5.97 Å². The Morgan fingerprint density at radius 1 is 1.59 bits per heavy atom. The van der Waals surface area contributed by atoms with Crippen LogP contribution in [0.5, 0.6) is 0 Å². The summed E-state index contributed by atoms with van der Waals surface area (Å²) in [7, 11) is 0. The predicted molar refractivity (Wildman–Crippen MR) is 61.5 cm³/mol. The monoisotopic (exact) mass is 244 g/mol. The third-order valence-corrected chi connectivity index (χ3v) is 3.17. The molecule has 98 valence electrons. The molecule has 1 aliphatic rings. The van der Waals surface area contributed by atoms with Gasteiger partial charge in [0.05, 0.1) is 6.61 Å². The van der Waals surface area contributed by atoms with Gasteiger partial charge in [0.25, 0.3) is 0 Å². The van der Waals surface area contributed by atoms with Crippen LogP contribution in [-0.4, -0.2) is 53.2 Å². The van der Waals surface area contributed by atoms with E-state index in [9.17, 15) is 9.59 Å². The van der Waals surface area contributed by atoms with E-state index in [0.29, 0.717) is 19.4 Å². The third kappa shape index (κ3) is 3.17. The van der Waals surface area contributed by atoms with Crippen molar-refractivity contribution in [2.75, 3.05) is 19.8 Å². The highest BCUT2D eigenvalue weighted by atomic mass is 16.5. The molecule has 0 saturated carbocycles. The first-order chi connectivity index (χ1) is 7.90. The van der Waals surface area contributed by atoms with Gasteiger partial charge in [0, 0.05) is 12.6 Å². The first-order valence-corrected chi connectivity index (χ1v) is 5.80. The van der Waals surface area contributed by atoms with Crippen LogP contribution in [0.1, 0.15) is 26.7 Å². The van der Waals surface area contributed by atoms with Gasteiger partial charge in [-0.2, -0.15) is 0 Å². The summed E-state index contributed by atoms with van der Waals surface area (Å²) >= 11 is 0. The van der Waals surface area contributed by atoms with Crippen LogP contribution in [0, 0.1) is 0 Å². The molecule has 0 radical (unpaired) electrons. The van der Waals surface area contributed by atoms with E-state index in [1.54, 1.807) is 0 Å². The number of aliphatic carboxylic acids is 1. The van der Waals surface area contributed by atoms with E-state index >= 15 is 0 Å². The summed E-state index contributed by atoms with van der Waals surface area (Å²) < 4.78 is 5.13. The lowest BCUT2D eigenvalue weighted by Gasteiger charge is -2.33. The molecule has 0 spiro atoms. The average molecular weight is 244 g/mol. The molecule has 1 fully saturated rings. The Balaban J connectivity index is 2.81. The lowest BCUT2D eigenvalue weighted by Crippen LogP contribution is -2.58. The molecule has 0 aromatic rings. The fourth-order valence-electron chi connectivity index (χ4n) is 1.83. The van der Waals surface area contributed by atoms with Crippen molar-refractivity contribution in [2.24, 2.45) is 5.73 Å². The minimum absolute atomic E-state index is 0.139. The summed E-state index contributed by atoms with van der Waals surface area (Å²) in [6.45, 7) is 4.02. The Hall–Kier alpha value is -1.14. The quantitative estimate of drug-likeness (QED) is 0.699. The molecule has 1 saturated heterocycles. The number of nitrogens with zero attached hydrogens (tertiary/aromatic N) is 1. The average Bonchev–Trinajstić information content (AvgIpc) is 2.72. The summed E-state index contributed by atoms with van der Waals surface area (Å²) in [6.07, 6.45) is 1.13. The van der Waals surface area contributed by atoms with Crippen molar-refractivity contribution in [1.29, 1.82) is 0 Å². The Bertz CT molecular complexity index is 300. The van der Waals surface area contributed by atoms with E-state index in [-0.39, 0.29) is 25.1 Å². The first-order valence-electron chi connectivity index (χ1n) is 5.80. The van der Waals surface area contributed by atoms with Gasteiger partial charge in [-0.25, -0.2) is 0 Å². The van der Waals surface area contributed by atoms with Gasteiger partial charge in [-0.3, -0.25) is 9.59 Å². The van der Waals surface area contributed by atoms with Crippen molar-refractivity contribution >= 4 is 11.9 Å². The van der Waals surface area contributed by atoms with Crippen molar-refractivity contribution in [3.63, 3.8) is 0 Å². The van der Waals surface area contributed by atoms with E-state index in [1.165, 1.54) is 4.90 Å². The zero-order chi connectivity index (χ0) is 13.1. The number of carboxylic acid groups (broad SMARTS) is 1. The second-order valence-corrected chi connectivity index (χ2v) is 4.54. The number of nitrogens with two attached hydrogens (primary N) is 1. The van der Waals surface area contributed by atoms with Crippen LogP contribution < -0.4 is 5.73 Å². The highest BCUT2D eigenvalue weighted by molar-refractivity contribution is 5.89. The zero-order valence-corrected chi connectivity index (χ0v) is 10.3. The largest absolute Gasteiger partial charge is 0.480 e. The highest BCUT2D eigenvalue weighted by Gasteiger charge is 2.42. The van der Waals surface area contributed by atoms with Crippen molar-refractivity contribution in [3.05, 3.63) is 0 Å². The number of amides is 1. The van der Waals surface area contributed by atoms with Crippen LogP contribution >= 0.6 is 0 Å². The fourth-order valence-corrected chi connectivity index (χ4v) is 1.83. The molecule has 0 aromatic heterocycles. The lowest BCUT2D eigenvalue weighted by molar-refractivity contribution is -0.148. The van der Waals surface area contributed by atoms with Crippen molar-refractivity contribution in [1.82, 2.24) is 4.90 Å². The molecule has 6 nitrogen and oxygen atoms in total. The maximum Gasteiger partial charge on any atom is 0.323 e. The van der Waals surface area contributed by atoms with Crippen molar-refractivity contribution in [2.45, 2.75) is 38.3 Å². The highest BCUT2D eigenvalue weighted by Crippen LogP contribution is 2.20. The van der Waals surface area contributed by atoms with Gasteiger partial charge in [0.2, 0.25) is 5.91 Å². The Morgan fingerprint density at radius 3 is 2.65 bits per heavy atom. The molecule has 1 heterocycles. The topological polar surface area (TPSA) is 92.9 Å². The van der Waals surface area contributed by atoms with Crippen LogP contribution in [0.4, 0.5) is 0 Å². The SMILES string of the molecule is CCC(C)N(CC(=O)O)C(=O)C1(N)CCOC1. The van der Waals surface area contributed by atoms with Crippen LogP contribution in [0.3, 0.4) is 0 Å². The summed E-state index contributed by atoms with van der Waals surface area (Å²) in [5.41, 5.74) is 4.91. The number of rotatable bonds is 5. The summed E-state index contributed by atoms with van der Waals surface area (Å²) in [4.78, 5) is 24.4. The van der Waals surface area contributed by atoms with Crippen molar-refractivity contribution in [3.8, 4) is 0 Å². The van der Waals surface area contributed by atoms with E-state index in [1.807, 2.05) is 13.8 Å². The molecule has 0 aliphatic carbocycles. The molecule has 17 heavy (non-hydrogen) atoms. The Kier molecular flexibility index (Phi) is 4.47. The van der Waals surface area contributed by atoms with E-state index in [0.717, 1.165) is 0 Å². The molecule has 1 rings (SSSR count). The van der Waals surface area contributed by atoms with Crippen molar-refractivity contribution < 1.29 is 19.4 Å². The van der Waals surface area contributed by atoms with E-state index < -0.39 is 11.5 Å². The number of hydrogen-bond donors (Lipinski definition) is 2. The zero-order valence-electron chi connectivity index (χ0n) is 10.3. The van der Waals surface area contributed by atoms with Gasteiger partial charge in [0.15, 0.2) is 0 Å². The fraction of sp³-hybridized carbons (Fsp3) is 0.818. The minimum atomic E-state index is -1.06. The second-order valence-electron chi connectivity index (χ2n) is 4.54. The standard InChI is InChI=1S/C11H20N2O4/c1-3-8(2)13(6-9(14)15)10(16)11(12)4-5-17-7-11/h8H,3-7,12H2,1-2H3,(H,14,15). The van der Waals surface area contributed by atoms with Gasteiger partial charge < -0.3 is 20.5 Å². The molecule has 2 atom stereocenters. The van der Waals surface area contributed by atoms with E-state index in [2.05, 4.69) is 0 Å². The number of carbonyl (C=O) groups is 2. The summed E-state index contributed by atoms with van der Waals surface area (Å²) in [5.74, 6) is -1.35. The lowest BCUT2D eigenvalue weighted by atomic mass is 9.97. The molecule has 1 amide bonds. The van der Waals surface area contributed by atoms with E-state index in [4.69, 9.17) is 15.6 Å². The number of carbonyl (C=O) groups excluding carboxylic acids is 1. The third-order valence-electron chi connectivity index (χ3n) is 3.17. The van der Waals surface area contributed by atoms with Crippen LogP contribution in [0.15, 0.2) is 0 Å². The maximum atomic E-state index is 12.3. The molecular formula is C11H20N2O4. The summed E-state index contributed by atoms with van der Waals surface area (Å²) in [5, 5.41) is 8.84.